The number of rotatable bonds is 4. The molecule has 23 heavy (non-hydrogen) atoms. The third kappa shape index (κ3) is 3.46. The number of amides is 1. The number of carboxylic acid groups (broad SMARTS) is 2. The van der Waals surface area contributed by atoms with Gasteiger partial charge in [-0.1, -0.05) is 17.7 Å². The Labute approximate surface area is 135 Å². The number of benzene rings is 1. The Morgan fingerprint density at radius 1 is 1.09 bits per heavy atom. The molecule has 0 atom stereocenters. The minimum atomic E-state index is -1.32. The molecule has 0 radical (unpaired) electrons. The zero-order valence-electron chi connectivity index (χ0n) is 11.8. The van der Waals surface area contributed by atoms with Gasteiger partial charge < -0.3 is 15.5 Å². The van der Waals surface area contributed by atoms with Gasteiger partial charge in [-0.05, 0) is 31.2 Å². The number of carbonyl (C=O) groups is 3. The predicted octanol–water partition coefficient (Wildman–Crippen LogP) is 2.69. The van der Waals surface area contributed by atoms with E-state index in [-0.39, 0.29) is 27.5 Å². The number of hydrogen-bond acceptors (Lipinski definition) is 4. The van der Waals surface area contributed by atoms with Crippen molar-refractivity contribution in [1.82, 2.24) is 4.98 Å². The quantitative estimate of drug-likeness (QED) is 0.791. The lowest BCUT2D eigenvalue weighted by atomic mass is 10.1. The van der Waals surface area contributed by atoms with Crippen LogP contribution in [0.4, 0.5) is 5.69 Å². The van der Waals surface area contributed by atoms with E-state index in [9.17, 15) is 19.5 Å². The lowest BCUT2D eigenvalue weighted by Crippen LogP contribution is -2.20. The number of carboxylic acids is 2. The van der Waals surface area contributed by atoms with Crippen LogP contribution in [0.3, 0.4) is 0 Å². The van der Waals surface area contributed by atoms with Gasteiger partial charge in [-0.2, -0.15) is 0 Å². The summed E-state index contributed by atoms with van der Waals surface area (Å²) in [6, 6.07) is 6.90. The van der Waals surface area contributed by atoms with Gasteiger partial charge in [-0.3, -0.25) is 4.79 Å². The SMILES string of the molecule is Cc1ccc(C(=O)O)c(C(=O)Nc2cccc(Cl)c2C(=O)O)n1. The molecule has 0 bridgehead atoms. The van der Waals surface area contributed by atoms with Gasteiger partial charge in [0.15, 0.2) is 0 Å². The molecule has 1 aromatic carbocycles. The van der Waals surface area contributed by atoms with E-state index in [1.807, 2.05) is 0 Å². The Hall–Kier alpha value is -2.93. The van der Waals surface area contributed by atoms with Gasteiger partial charge in [0.1, 0.15) is 11.3 Å². The first-order chi connectivity index (χ1) is 10.8. The van der Waals surface area contributed by atoms with Gasteiger partial charge in [-0.25, -0.2) is 14.6 Å². The normalized spacial score (nSPS) is 10.2. The van der Waals surface area contributed by atoms with Crippen LogP contribution in [0.5, 0.6) is 0 Å². The van der Waals surface area contributed by atoms with Crippen molar-refractivity contribution in [2.24, 2.45) is 0 Å². The largest absolute Gasteiger partial charge is 0.478 e. The number of nitrogens with zero attached hydrogens (tertiary/aromatic N) is 1. The second-order valence-electron chi connectivity index (χ2n) is 4.58. The summed E-state index contributed by atoms with van der Waals surface area (Å²) in [5, 5.41) is 20.6. The van der Waals surface area contributed by atoms with Crippen molar-refractivity contribution in [2.75, 3.05) is 5.32 Å². The predicted molar refractivity (Wildman–Crippen MR) is 82.3 cm³/mol. The molecule has 1 heterocycles. The smallest absolute Gasteiger partial charge is 0.339 e. The van der Waals surface area contributed by atoms with Gasteiger partial charge >= 0.3 is 11.9 Å². The summed E-state index contributed by atoms with van der Waals surface area (Å²) in [5.41, 5.74) is -0.479. The average Bonchev–Trinajstić information content (AvgIpc) is 2.46. The van der Waals surface area contributed by atoms with Crippen LogP contribution >= 0.6 is 11.6 Å². The first-order valence-corrected chi connectivity index (χ1v) is 6.73. The van der Waals surface area contributed by atoms with Gasteiger partial charge in [0.2, 0.25) is 0 Å². The third-order valence-corrected chi connectivity index (χ3v) is 3.27. The molecular formula is C15H11ClN2O5. The maximum Gasteiger partial charge on any atom is 0.339 e. The van der Waals surface area contributed by atoms with E-state index in [1.165, 1.54) is 30.3 Å². The maximum absolute atomic E-state index is 12.3. The van der Waals surface area contributed by atoms with Crippen LogP contribution in [0.1, 0.15) is 36.9 Å². The molecule has 0 spiro atoms. The summed E-state index contributed by atoms with van der Waals surface area (Å²) in [6.45, 7) is 1.60. The van der Waals surface area contributed by atoms with Crippen molar-refractivity contribution in [1.29, 1.82) is 0 Å². The Kier molecular flexibility index (Phi) is 4.61. The van der Waals surface area contributed by atoms with Crippen LogP contribution in [0.25, 0.3) is 0 Å². The highest BCUT2D eigenvalue weighted by atomic mass is 35.5. The zero-order valence-corrected chi connectivity index (χ0v) is 12.6. The van der Waals surface area contributed by atoms with Crippen LogP contribution in [-0.2, 0) is 0 Å². The van der Waals surface area contributed by atoms with Crippen molar-refractivity contribution in [3.63, 3.8) is 0 Å². The lowest BCUT2D eigenvalue weighted by molar-refractivity contribution is 0.0683. The summed E-state index contributed by atoms with van der Waals surface area (Å²) in [6.07, 6.45) is 0. The van der Waals surface area contributed by atoms with E-state index >= 15 is 0 Å². The molecule has 0 unspecified atom stereocenters. The molecule has 118 valence electrons. The molecule has 1 aromatic heterocycles. The highest BCUT2D eigenvalue weighted by Crippen LogP contribution is 2.25. The van der Waals surface area contributed by atoms with E-state index in [2.05, 4.69) is 10.3 Å². The minimum Gasteiger partial charge on any atom is -0.478 e. The molecule has 2 aromatic rings. The van der Waals surface area contributed by atoms with E-state index in [0.29, 0.717) is 5.69 Å². The number of pyridine rings is 1. The monoisotopic (exact) mass is 334 g/mol. The number of aromatic nitrogens is 1. The first kappa shape index (κ1) is 16.4. The number of anilines is 1. The van der Waals surface area contributed by atoms with Crippen molar-refractivity contribution >= 4 is 35.1 Å². The number of nitrogens with one attached hydrogen (secondary N) is 1. The highest BCUT2D eigenvalue weighted by Gasteiger charge is 2.21. The average molecular weight is 335 g/mol. The Morgan fingerprint density at radius 3 is 2.39 bits per heavy atom. The second kappa shape index (κ2) is 6.45. The van der Waals surface area contributed by atoms with Gasteiger partial charge in [0.05, 0.1) is 16.3 Å². The molecule has 0 saturated heterocycles. The van der Waals surface area contributed by atoms with E-state index in [4.69, 9.17) is 16.7 Å². The van der Waals surface area contributed by atoms with Gasteiger partial charge in [0, 0.05) is 5.69 Å². The number of aryl methyl sites for hydroxylation is 1. The van der Waals surface area contributed by atoms with Gasteiger partial charge in [-0.15, -0.1) is 0 Å². The van der Waals surface area contributed by atoms with E-state index in [1.54, 1.807) is 6.92 Å². The Bertz CT molecular complexity index is 820. The fourth-order valence-corrected chi connectivity index (χ4v) is 2.18. The summed E-state index contributed by atoms with van der Waals surface area (Å²) in [5.74, 6) is -3.47. The second-order valence-corrected chi connectivity index (χ2v) is 4.98. The fourth-order valence-electron chi connectivity index (χ4n) is 1.93. The summed E-state index contributed by atoms with van der Waals surface area (Å²) < 4.78 is 0. The van der Waals surface area contributed by atoms with Crippen LogP contribution in [0.2, 0.25) is 5.02 Å². The molecule has 0 aliphatic heterocycles. The van der Waals surface area contributed by atoms with E-state index < -0.39 is 17.8 Å². The maximum atomic E-state index is 12.3. The number of halogens is 1. The van der Waals surface area contributed by atoms with Crippen LogP contribution in [0.15, 0.2) is 30.3 Å². The van der Waals surface area contributed by atoms with Crippen molar-refractivity contribution in [3.8, 4) is 0 Å². The summed E-state index contributed by atoms with van der Waals surface area (Å²) in [4.78, 5) is 38.6. The topological polar surface area (TPSA) is 117 Å². The Morgan fingerprint density at radius 2 is 1.78 bits per heavy atom. The van der Waals surface area contributed by atoms with Gasteiger partial charge in [0.25, 0.3) is 5.91 Å². The molecular weight excluding hydrogens is 324 g/mol. The van der Waals surface area contributed by atoms with Crippen molar-refractivity contribution in [3.05, 3.63) is 57.9 Å². The molecule has 0 aliphatic rings. The first-order valence-electron chi connectivity index (χ1n) is 6.35. The third-order valence-electron chi connectivity index (χ3n) is 2.96. The standard InChI is InChI=1S/C15H11ClN2O5/c1-7-5-6-8(14(20)21)12(17-7)13(19)18-10-4-2-3-9(16)11(10)15(22)23/h2-6H,1H3,(H,18,19)(H,20,21)(H,22,23). The van der Waals surface area contributed by atoms with Crippen LogP contribution < -0.4 is 5.32 Å². The van der Waals surface area contributed by atoms with Crippen molar-refractivity contribution < 1.29 is 24.6 Å². The highest BCUT2D eigenvalue weighted by molar-refractivity contribution is 6.34. The number of aromatic carboxylic acids is 2. The molecule has 1 amide bonds. The lowest BCUT2D eigenvalue weighted by Gasteiger charge is -2.11. The molecule has 3 N–H and O–H groups in total. The summed E-state index contributed by atoms with van der Waals surface area (Å²) in [7, 11) is 0. The molecule has 0 aliphatic carbocycles. The van der Waals surface area contributed by atoms with Crippen LogP contribution in [0, 0.1) is 6.92 Å². The molecule has 2 rings (SSSR count). The van der Waals surface area contributed by atoms with Crippen molar-refractivity contribution in [2.45, 2.75) is 6.92 Å². The summed E-state index contributed by atoms with van der Waals surface area (Å²) >= 11 is 5.82. The Balaban J connectivity index is 2.45. The van der Waals surface area contributed by atoms with E-state index in [0.717, 1.165) is 0 Å². The molecule has 7 nitrogen and oxygen atoms in total. The number of carbonyl (C=O) groups excluding carboxylic acids is 1. The zero-order chi connectivity index (χ0) is 17.1. The molecule has 0 saturated carbocycles. The molecule has 8 heteroatoms. The molecule has 0 fully saturated rings. The minimum absolute atomic E-state index is 0.0466. The number of hydrogen-bond donors (Lipinski definition) is 3. The fraction of sp³-hybridized carbons (Fsp3) is 0.0667. The van der Waals surface area contributed by atoms with Crippen LogP contribution in [-0.4, -0.2) is 33.0 Å².